The summed E-state index contributed by atoms with van der Waals surface area (Å²) in [7, 11) is 2.03. The van der Waals surface area contributed by atoms with E-state index in [0.29, 0.717) is 0 Å². The summed E-state index contributed by atoms with van der Waals surface area (Å²) in [5.41, 5.74) is 4.42. The third-order valence-corrected chi connectivity index (χ3v) is 2.20. The molecular weight excluding hydrogens is 136 g/mol. The maximum absolute atomic E-state index is 4.47. The Morgan fingerprint density at radius 3 is 2.18 bits per heavy atom. The number of hydrogen-bond acceptors (Lipinski definition) is 1. The first-order valence-corrected chi connectivity index (χ1v) is 4.05. The van der Waals surface area contributed by atoms with Crippen LogP contribution in [0.1, 0.15) is 37.7 Å². The largest absolute Gasteiger partial charge is 0.272 e. The Kier molecular flexibility index (Phi) is 1.05. The summed E-state index contributed by atoms with van der Waals surface area (Å²) < 4.78 is 2.01. The zero-order valence-corrected chi connectivity index (χ0v) is 7.60. The van der Waals surface area contributed by atoms with Crippen molar-refractivity contribution in [3.8, 4) is 0 Å². The molecular formula is C9H14N2. The number of rotatable bonds is 0. The second-order valence-electron chi connectivity index (χ2n) is 4.32. The number of aromatic nitrogens is 2. The topological polar surface area (TPSA) is 17.8 Å². The molecule has 1 aliphatic carbocycles. The summed E-state index contributed by atoms with van der Waals surface area (Å²) in [5, 5.41) is 4.47. The van der Waals surface area contributed by atoms with Crippen molar-refractivity contribution in [2.45, 2.75) is 32.6 Å². The third kappa shape index (κ3) is 0.889. The van der Waals surface area contributed by atoms with Crippen LogP contribution in [0.15, 0.2) is 0 Å². The quantitative estimate of drug-likeness (QED) is 0.558. The van der Waals surface area contributed by atoms with Crippen LogP contribution in [-0.2, 0) is 18.9 Å². The van der Waals surface area contributed by atoms with Crippen LogP contribution in [0.25, 0.3) is 0 Å². The zero-order chi connectivity index (χ0) is 8.22. The molecule has 2 nitrogen and oxygen atoms in total. The Balaban J connectivity index is 2.49. The van der Waals surface area contributed by atoms with Crippen LogP contribution in [-0.4, -0.2) is 9.78 Å². The maximum Gasteiger partial charge on any atom is 0.0716 e. The van der Waals surface area contributed by atoms with Crippen LogP contribution in [0.5, 0.6) is 0 Å². The van der Waals surface area contributed by atoms with Gasteiger partial charge in [-0.05, 0) is 0 Å². The van der Waals surface area contributed by atoms with Crippen molar-refractivity contribution < 1.29 is 0 Å². The van der Waals surface area contributed by atoms with Crippen LogP contribution in [0.3, 0.4) is 0 Å². The Bertz CT molecular complexity index is 302. The first kappa shape index (κ1) is 6.89. The Hall–Kier alpha value is -0.790. The van der Waals surface area contributed by atoms with Crippen molar-refractivity contribution in [2.75, 3.05) is 0 Å². The summed E-state index contributed by atoms with van der Waals surface area (Å²) in [6, 6.07) is 0. The van der Waals surface area contributed by atoms with Crippen molar-refractivity contribution >= 4 is 0 Å². The summed E-state index contributed by atoms with van der Waals surface area (Å²) in [6.45, 7) is 6.65. The third-order valence-electron chi connectivity index (χ3n) is 2.20. The molecule has 0 saturated heterocycles. The summed E-state index contributed by atoms with van der Waals surface area (Å²) >= 11 is 0. The standard InChI is InChI=1S/C9H14N2/c1-9(2,3)8-6-5-7(6)11(4)10-8/h5H2,1-4H3. The lowest BCUT2D eigenvalue weighted by atomic mass is 9.92. The maximum atomic E-state index is 4.47. The molecule has 0 aliphatic heterocycles. The fourth-order valence-electron chi connectivity index (χ4n) is 1.53. The molecule has 2 rings (SSSR count). The molecule has 0 amide bonds. The van der Waals surface area contributed by atoms with E-state index < -0.39 is 0 Å². The van der Waals surface area contributed by atoms with Gasteiger partial charge in [-0.2, -0.15) is 5.10 Å². The number of nitrogens with zero attached hydrogens (tertiary/aromatic N) is 2. The summed E-state index contributed by atoms with van der Waals surface area (Å²) in [6.07, 6.45) is 1.17. The molecule has 2 heteroatoms. The highest BCUT2D eigenvalue weighted by Crippen LogP contribution is 2.36. The van der Waals surface area contributed by atoms with Gasteiger partial charge in [0, 0.05) is 30.1 Å². The Morgan fingerprint density at radius 2 is 2.00 bits per heavy atom. The molecule has 0 fully saturated rings. The predicted octanol–water partition coefficient (Wildman–Crippen LogP) is 1.62. The van der Waals surface area contributed by atoms with Gasteiger partial charge in [0.15, 0.2) is 0 Å². The van der Waals surface area contributed by atoms with Crippen molar-refractivity contribution in [1.82, 2.24) is 9.78 Å². The van der Waals surface area contributed by atoms with Crippen LogP contribution in [0.2, 0.25) is 0 Å². The fraction of sp³-hybridized carbons (Fsp3) is 0.667. The fourth-order valence-corrected chi connectivity index (χ4v) is 1.53. The molecule has 11 heavy (non-hydrogen) atoms. The second-order valence-corrected chi connectivity index (χ2v) is 4.32. The van der Waals surface area contributed by atoms with Crippen molar-refractivity contribution in [3.63, 3.8) is 0 Å². The molecule has 1 aromatic rings. The van der Waals surface area contributed by atoms with Gasteiger partial charge in [0.1, 0.15) is 0 Å². The van der Waals surface area contributed by atoms with E-state index in [-0.39, 0.29) is 5.41 Å². The normalized spacial score (nSPS) is 14.9. The Morgan fingerprint density at radius 1 is 1.36 bits per heavy atom. The van der Waals surface area contributed by atoms with Crippen LogP contribution < -0.4 is 0 Å². The van der Waals surface area contributed by atoms with E-state index >= 15 is 0 Å². The smallest absolute Gasteiger partial charge is 0.0716 e. The number of aryl methyl sites for hydroxylation is 1. The summed E-state index contributed by atoms with van der Waals surface area (Å²) in [5.74, 6) is 0. The molecule has 1 aliphatic rings. The van der Waals surface area contributed by atoms with Crippen molar-refractivity contribution in [2.24, 2.45) is 7.05 Å². The average molecular weight is 150 g/mol. The molecule has 0 N–H and O–H groups in total. The minimum Gasteiger partial charge on any atom is -0.272 e. The minimum absolute atomic E-state index is 0.224. The van der Waals surface area contributed by atoms with Gasteiger partial charge in [0.05, 0.1) is 5.69 Å². The van der Waals surface area contributed by atoms with Crippen LogP contribution in [0.4, 0.5) is 0 Å². The van der Waals surface area contributed by atoms with Crippen molar-refractivity contribution in [1.29, 1.82) is 0 Å². The molecule has 1 heterocycles. The van der Waals surface area contributed by atoms with E-state index in [9.17, 15) is 0 Å². The molecule has 60 valence electrons. The van der Waals surface area contributed by atoms with Crippen LogP contribution in [0, 0.1) is 0 Å². The lowest BCUT2D eigenvalue weighted by Gasteiger charge is -2.15. The Labute approximate surface area is 67.2 Å². The van der Waals surface area contributed by atoms with Gasteiger partial charge < -0.3 is 0 Å². The lowest BCUT2D eigenvalue weighted by molar-refractivity contribution is 0.544. The molecule has 0 saturated carbocycles. The molecule has 1 aromatic heterocycles. The van der Waals surface area contributed by atoms with Crippen molar-refractivity contribution in [3.05, 3.63) is 17.0 Å². The molecule has 0 spiro atoms. The minimum atomic E-state index is 0.224. The molecule has 0 unspecified atom stereocenters. The molecule has 0 radical (unpaired) electrons. The average Bonchev–Trinajstić information content (AvgIpc) is 2.53. The van der Waals surface area contributed by atoms with E-state index in [1.54, 1.807) is 0 Å². The predicted molar refractivity (Wildman–Crippen MR) is 44.7 cm³/mol. The highest BCUT2D eigenvalue weighted by molar-refractivity contribution is 5.46. The van der Waals surface area contributed by atoms with E-state index in [0.717, 1.165) is 0 Å². The number of hydrogen-bond donors (Lipinski definition) is 0. The van der Waals surface area contributed by atoms with Gasteiger partial charge in [-0.1, -0.05) is 20.8 Å². The van der Waals surface area contributed by atoms with Gasteiger partial charge >= 0.3 is 0 Å². The highest BCUT2D eigenvalue weighted by Gasteiger charge is 2.33. The molecule has 0 aromatic carbocycles. The monoisotopic (exact) mass is 150 g/mol. The van der Waals surface area contributed by atoms with E-state index in [2.05, 4.69) is 25.9 Å². The van der Waals surface area contributed by atoms with Gasteiger partial charge in [-0.25, -0.2) is 0 Å². The van der Waals surface area contributed by atoms with E-state index in [4.69, 9.17) is 0 Å². The van der Waals surface area contributed by atoms with Gasteiger partial charge in [0.25, 0.3) is 0 Å². The van der Waals surface area contributed by atoms with Gasteiger partial charge in [-0.15, -0.1) is 0 Å². The summed E-state index contributed by atoms with van der Waals surface area (Å²) in [4.78, 5) is 0. The number of fused-ring (bicyclic) bond motifs is 1. The molecule has 0 atom stereocenters. The first-order valence-electron chi connectivity index (χ1n) is 4.05. The van der Waals surface area contributed by atoms with Gasteiger partial charge in [-0.3, -0.25) is 4.68 Å². The first-order chi connectivity index (χ1) is 5.00. The van der Waals surface area contributed by atoms with E-state index in [1.165, 1.54) is 23.4 Å². The van der Waals surface area contributed by atoms with E-state index in [1.807, 2.05) is 11.7 Å². The lowest BCUT2D eigenvalue weighted by Crippen LogP contribution is -2.14. The van der Waals surface area contributed by atoms with Gasteiger partial charge in [0.2, 0.25) is 0 Å². The zero-order valence-electron chi connectivity index (χ0n) is 7.60. The SMILES string of the molecule is Cn1nc(C(C)(C)C)c2c1C2. The highest BCUT2D eigenvalue weighted by atomic mass is 15.3. The molecule has 0 bridgehead atoms. The van der Waals surface area contributed by atoms with Crippen LogP contribution >= 0.6 is 0 Å². The second kappa shape index (κ2) is 1.68.